The molecule has 0 aromatic heterocycles. The number of allylic oxidation sites excluding steroid dienone is 4. The van der Waals surface area contributed by atoms with Crippen molar-refractivity contribution in [3.8, 4) is 11.5 Å². The van der Waals surface area contributed by atoms with Gasteiger partial charge < -0.3 is 14.1 Å². The summed E-state index contributed by atoms with van der Waals surface area (Å²) in [7, 11) is -0.777. The van der Waals surface area contributed by atoms with E-state index in [0.29, 0.717) is 22.6 Å². The first-order valence-electron chi connectivity index (χ1n) is 10.8. The number of ketones is 1. The second kappa shape index (κ2) is 8.34. The van der Waals surface area contributed by atoms with Gasteiger partial charge >= 0.3 is 12.1 Å². The van der Waals surface area contributed by atoms with Crippen LogP contribution in [0.4, 0.5) is 13.2 Å². The van der Waals surface area contributed by atoms with Crippen LogP contribution in [0.5, 0.6) is 11.5 Å². The number of rotatable bonds is 3. The zero-order chi connectivity index (χ0) is 24.8. The van der Waals surface area contributed by atoms with E-state index in [0.717, 1.165) is 4.90 Å². The lowest BCUT2D eigenvalue weighted by Crippen LogP contribution is -2.44. The van der Waals surface area contributed by atoms with E-state index in [1.807, 2.05) is 0 Å². The minimum Gasteiger partial charge on any atom is -0.541 e. The number of hydrogen-bond acceptors (Lipinski definition) is 4. The minimum absolute atomic E-state index is 0.112. The average molecular weight is 482 g/mol. The standard InChI is InChI=1S/C24H30F3NO4Si/c1-22(2,3)33(5,6)32-20-13-16-15-28(21(30)24(25,26)27)12-11-23(9-7-17(29)8-10-23)18(16)14-19(20)31-4/h7-10,13-14H,11-12,15H2,1-6H3. The largest absolute Gasteiger partial charge is 0.541 e. The lowest BCUT2D eigenvalue weighted by atomic mass is 9.73. The first-order chi connectivity index (χ1) is 15.1. The predicted molar refractivity (Wildman–Crippen MR) is 122 cm³/mol. The summed E-state index contributed by atoms with van der Waals surface area (Å²) < 4.78 is 51.9. The Bertz CT molecular complexity index is 1010. The molecule has 1 aromatic carbocycles. The second-order valence-corrected chi connectivity index (χ2v) is 14.8. The monoisotopic (exact) mass is 481 g/mol. The van der Waals surface area contributed by atoms with Crippen LogP contribution in [0, 0.1) is 0 Å². The Kier molecular flexibility index (Phi) is 6.34. The van der Waals surface area contributed by atoms with Gasteiger partial charge in [0, 0.05) is 18.5 Å². The fraction of sp³-hybridized carbons (Fsp3) is 0.500. The highest BCUT2D eigenvalue weighted by molar-refractivity contribution is 6.74. The van der Waals surface area contributed by atoms with E-state index >= 15 is 0 Å². The number of benzene rings is 1. The molecule has 0 radical (unpaired) electrons. The molecule has 2 aliphatic rings. The molecule has 1 aliphatic heterocycles. The third-order valence-electron chi connectivity index (χ3n) is 6.84. The van der Waals surface area contributed by atoms with Crippen LogP contribution >= 0.6 is 0 Å². The fourth-order valence-electron chi connectivity index (χ4n) is 3.84. The van der Waals surface area contributed by atoms with Crippen molar-refractivity contribution in [2.45, 2.75) is 63.5 Å². The number of ether oxygens (including phenoxy) is 1. The van der Waals surface area contributed by atoms with Crippen molar-refractivity contribution in [3.63, 3.8) is 0 Å². The highest BCUT2D eigenvalue weighted by Gasteiger charge is 2.46. The summed E-state index contributed by atoms with van der Waals surface area (Å²) in [5.74, 6) is -1.17. The number of nitrogens with zero attached hydrogens (tertiary/aromatic N) is 1. The van der Waals surface area contributed by atoms with E-state index in [1.165, 1.54) is 19.3 Å². The Labute approximate surface area is 193 Å². The summed E-state index contributed by atoms with van der Waals surface area (Å²) in [5.41, 5.74) is 0.398. The van der Waals surface area contributed by atoms with Gasteiger partial charge in [0.05, 0.1) is 7.11 Å². The molecule has 9 heteroatoms. The molecule has 0 N–H and O–H groups in total. The Hall–Kier alpha value is -2.55. The Balaban J connectivity index is 2.17. The third kappa shape index (κ3) is 4.88. The van der Waals surface area contributed by atoms with Gasteiger partial charge in [0.2, 0.25) is 0 Å². The molecule has 1 amide bonds. The number of alkyl halides is 3. The molecule has 0 saturated heterocycles. The van der Waals surface area contributed by atoms with Crippen molar-refractivity contribution in [1.29, 1.82) is 0 Å². The summed E-state index contributed by atoms with van der Waals surface area (Å²) in [4.78, 5) is 24.7. The summed E-state index contributed by atoms with van der Waals surface area (Å²) in [6.07, 6.45) is 1.45. The van der Waals surface area contributed by atoms with Crippen molar-refractivity contribution in [2.24, 2.45) is 0 Å². The van der Waals surface area contributed by atoms with Crippen LogP contribution in [0.3, 0.4) is 0 Å². The van der Waals surface area contributed by atoms with Gasteiger partial charge in [-0.2, -0.15) is 13.2 Å². The van der Waals surface area contributed by atoms with Crippen molar-refractivity contribution in [1.82, 2.24) is 4.90 Å². The maximum atomic E-state index is 13.3. The first kappa shape index (κ1) is 25.1. The van der Waals surface area contributed by atoms with Crippen LogP contribution in [-0.2, 0) is 21.5 Å². The van der Waals surface area contributed by atoms with Crippen molar-refractivity contribution < 1.29 is 31.9 Å². The number of halogens is 3. The number of amides is 1. The van der Waals surface area contributed by atoms with Gasteiger partial charge in [-0.05, 0) is 60.0 Å². The van der Waals surface area contributed by atoms with Gasteiger partial charge in [-0.15, -0.1) is 0 Å². The number of hydrogen-bond donors (Lipinski definition) is 0. The minimum atomic E-state index is -4.97. The van der Waals surface area contributed by atoms with Crippen LogP contribution in [-0.4, -0.2) is 44.7 Å². The van der Waals surface area contributed by atoms with E-state index in [2.05, 4.69) is 33.9 Å². The number of methoxy groups -OCH3 is 1. The topological polar surface area (TPSA) is 55.8 Å². The number of carbonyl (C=O) groups is 2. The van der Waals surface area contributed by atoms with Crippen LogP contribution < -0.4 is 9.16 Å². The van der Waals surface area contributed by atoms with E-state index in [4.69, 9.17) is 9.16 Å². The van der Waals surface area contributed by atoms with Crippen molar-refractivity contribution in [3.05, 3.63) is 47.6 Å². The van der Waals surface area contributed by atoms with Gasteiger partial charge in [-0.3, -0.25) is 9.59 Å². The quantitative estimate of drug-likeness (QED) is 0.550. The zero-order valence-corrected chi connectivity index (χ0v) is 20.8. The Morgan fingerprint density at radius 3 is 2.21 bits per heavy atom. The Morgan fingerprint density at radius 1 is 1.09 bits per heavy atom. The Morgan fingerprint density at radius 2 is 1.70 bits per heavy atom. The molecule has 0 atom stereocenters. The predicted octanol–water partition coefficient (Wildman–Crippen LogP) is 5.31. The van der Waals surface area contributed by atoms with Crippen LogP contribution in [0.25, 0.3) is 0 Å². The molecule has 0 unspecified atom stereocenters. The number of carbonyl (C=O) groups excluding carboxylic acids is 2. The maximum absolute atomic E-state index is 13.3. The fourth-order valence-corrected chi connectivity index (χ4v) is 4.86. The lowest BCUT2D eigenvalue weighted by Gasteiger charge is -2.37. The molecule has 0 fully saturated rings. The van der Waals surface area contributed by atoms with Crippen LogP contribution in [0.15, 0.2) is 36.4 Å². The van der Waals surface area contributed by atoms with Crippen molar-refractivity contribution in [2.75, 3.05) is 13.7 Å². The lowest BCUT2D eigenvalue weighted by molar-refractivity contribution is -0.186. The molecule has 1 aromatic rings. The van der Waals surface area contributed by atoms with E-state index in [1.54, 1.807) is 24.3 Å². The van der Waals surface area contributed by atoms with E-state index in [-0.39, 0.29) is 30.3 Å². The smallest absolute Gasteiger partial charge is 0.471 e. The molecule has 3 rings (SSSR count). The molecule has 180 valence electrons. The van der Waals surface area contributed by atoms with Gasteiger partial charge in [-0.25, -0.2) is 0 Å². The highest BCUT2D eigenvalue weighted by atomic mass is 28.4. The second-order valence-electron chi connectivity index (χ2n) is 10.1. The van der Waals surface area contributed by atoms with Gasteiger partial charge in [-0.1, -0.05) is 32.9 Å². The highest BCUT2D eigenvalue weighted by Crippen LogP contribution is 2.46. The molecule has 1 spiro atoms. The third-order valence-corrected chi connectivity index (χ3v) is 11.2. The molecule has 33 heavy (non-hydrogen) atoms. The summed E-state index contributed by atoms with van der Waals surface area (Å²) >= 11 is 0. The van der Waals surface area contributed by atoms with Gasteiger partial charge in [0.25, 0.3) is 8.32 Å². The molecule has 0 bridgehead atoms. The van der Waals surface area contributed by atoms with E-state index in [9.17, 15) is 22.8 Å². The van der Waals surface area contributed by atoms with Gasteiger partial charge in [0.1, 0.15) is 5.75 Å². The first-order valence-corrected chi connectivity index (χ1v) is 13.7. The normalized spacial score (nSPS) is 18.2. The molecular weight excluding hydrogens is 451 g/mol. The van der Waals surface area contributed by atoms with Gasteiger partial charge in [0.15, 0.2) is 11.5 Å². The average Bonchev–Trinajstić information content (AvgIpc) is 2.84. The SMILES string of the molecule is COc1cc2c(cc1O[Si](C)(C)C(C)(C)C)CN(C(=O)C(F)(F)F)CCC21C=CC(=O)C=C1. The molecule has 1 aliphatic carbocycles. The molecule has 5 nitrogen and oxygen atoms in total. The zero-order valence-electron chi connectivity index (χ0n) is 19.8. The summed E-state index contributed by atoms with van der Waals surface area (Å²) in [6, 6.07) is 3.46. The molecular formula is C24H30F3NO4Si. The maximum Gasteiger partial charge on any atom is 0.471 e. The number of fused-ring (bicyclic) bond motifs is 2. The summed E-state index contributed by atoms with van der Waals surface area (Å²) in [6.45, 7) is 10.1. The van der Waals surface area contributed by atoms with E-state index < -0.39 is 25.8 Å². The van der Waals surface area contributed by atoms with Crippen molar-refractivity contribution >= 4 is 20.0 Å². The van der Waals surface area contributed by atoms with Crippen LogP contribution in [0.2, 0.25) is 18.1 Å². The van der Waals surface area contributed by atoms with Crippen LogP contribution in [0.1, 0.15) is 38.3 Å². The molecule has 0 saturated carbocycles. The summed E-state index contributed by atoms with van der Waals surface area (Å²) in [5, 5.41) is -0.112. The molecule has 1 heterocycles.